The van der Waals surface area contributed by atoms with Crippen LogP contribution in [0.3, 0.4) is 0 Å². The van der Waals surface area contributed by atoms with Crippen LogP contribution in [0, 0.1) is 11.8 Å². The van der Waals surface area contributed by atoms with Gasteiger partial charge in [-0.05, 0) is 55.1 Å². The van der Waals surface area contributed by atoms with Gasteiger partial charge in [-0.2, -0.15) is 0 Å². The van der Waals surface area contributed by atoms with Gasteiger partial charge < -0.3 is 40.2 Å². The van der Waals surface area contributed by atoms with Gasteiger partial charge in [0.25, 0.3) is 0 Å². The number of nitrogens with zero attached hydrogens (tertiary/aromatic N) is 4. The number of alkyl carbamates (subject to hydrolysis) is 1. The number of ether oxygens (including phenoxy) is 1. The summed E-state index contributed by atoms with van der Waals surface area (Å²) in [6, 6.07) is 7.91. The second-order valence-electron chi connectivity index (χ2n) is 14.8. The third kappa shape index (κ3) is 7.58. The smallest absolute Gasteiger partial charge is 0.407 e. The highest BCUT2D eigenvalue weighted by molar-refractivity contribution is 5.87. The number of hydrogen-bond donors (Lipinski definition) is 5. The Kier molecular flexibility index (Phi) is 11.1. The first-order valence-corrected chi connectivity index (χ1v) is 18.4. The maximum atomic E-state index is 13.8. The van der Waals surface area contributed by atoms with Crippen LogP contribution in [0.1, 0.15) is 100 Å². The second-order valence-corrected chi connectivity index (χ2v) is 14.8. The molecule has 0 bridgehead atoms. The first kappa shape index (κ1) is 37.4. The number of aromatic nitrogens is 4. The van der Waals surface area contributed by atoms with E-state index in [4.69, 9.17) is 14.7 Å². The molecule has 2 aromatic heterocycles. The van der Waals surface area contributed by atoms with Gasteiger partial charge >= 0.3 is 12.2 Å². The van der Waals surface area contributed by atoms with Crippen molar-refractivity contribution in [2.24, 2.45) is 11.8 Å². The Balaban J connectivity index is 1.32. The lowest BCUT2D eigenvalue weighted by Crippen LogP contribution is -2.51. The van der Waals surface area contributed by atoms with Gasteiger partial charge in [0.2, 0.25) is 11.8 Å². The van der Waals surface area contributed by atoms with Gasteiger partial charge in [0.05, 0.1) is 36.0 Å². The van der Waals surface area contributed by atoms with Gasteiger partial charge in [-0.3, -0.25) is 9.59 Å². The van der Waals surface area contributed by atoms with Gasteiger partial charge in [-0.25, -0.2) is 19.6 Å². The van der Waals surface area contributed by atoms with Crippen molar-refractivity contribution in [1.82, 2.24) is 40.4 Å². The summed E-state index contributed by atoms with van der Waals surface area (Å²) in [6.45, 7) is 8.48. The second kappa shape index (κ2) is 15.7. The molecule has 0 saturated carbocycles. The van der Waals surface area contributed by atoms with E-state index in [2.05, 4.69) is 51.0 Å². The van der Waals surface area contributed by atoms with Gasteiger partial charge in [0, 0.05) is 25.5 Å². The minimum absolute atomic E-state index is 0.151. The van der Waals surface area contributed by atoms with Crippen LogP contribution in [0.25, 0.3) is 5.57 Å². The fraction of sp³-hybridized carbons (Fsp3) is 0.487. The Hall–Kier alpha value is -5.40. The number of carbonyl (C=O) groups excluding carboxylic acids is 3. The average molecular weight is 727 g/mol. The average Bonchev–Trinajstić information content (AvgIpc) is 3.99. The topological polar surface area (TPSA) is 186 Å². The Morgan fingerprint density at radius 1 is 0.849 bits per heavy atom. The molecule has 2 fully saturated rings. The number of aromatic amines is 2. The van der Waals surface area contributed by atoms with Crippen molar-refractivity contribution in [2.75, 3.05) is 20.2 Å². The van der Waals surface area contributed by atoms with Crippen LogP contribution >= 0.6 is 0 Å². The first-order chi connectivity index (χ1) is 25.4. The Bertz CT molecular complexity index is 1860. The molecule has 0 radical (unpaired) electrons. The van der Waals surface area contributed by atoms with Crippen LogP contribution in [0.4, 0.5) is 9.59 Å². The van der Waals surface area contributed by atoms with E-state index in [1.54, 1.807) is 9.80 Å². The maximum Gasteiger partial charge on any atom is 0.407 e. The lowest BCUT2D eigenvalue weighted by atomic mass is 9.74. The number of carbonyl (C=O) groups is 4. The number of benzene rings is 1. The molecule has 0 spiro atoms. The van der Waals surface area contributed by atoms with Crippen molar-refractivity contribution in [3.63, 3.8) is 0 Å². The molecule has 14 nitrogen and oxygen atoms in total. The van der Waals surface area contributed by atoms with E-state index < -0.39 is 29.7 Å². The summed E-state index contributed by atoms with van der Waals surface area (Å²) in [5.41, 5.74) is 3.09. The molecule has 14 heteroatoms. The molecule has 4 amide bonds. The molecule has 3 aliphatic rings. The number of H-pyrrole nitrogens is 2. The van der Waals surface area contributed by atoms with Crippen LogP contribution in [0.15, 0.2) is 61.0 Å². The summed E-state index contributed by atoms with van der Waals surface area (Å²) in [5, 5.41) is 14.5. The number of allylic oxidation sites excluding steroid dienone is 4. The van der Waals surface area contributed by atoms with Crippen molar-refractivity contribution in [1.29, 1.82) is 0 Å². The van der Waals surface area contributed by atoms with Crippen LogP contribution in [0.5, 0.6) is 0 Å². The van der Waals surface area contributed by atoms with Crippen LogP contribution in [0.2, 0.25) is 0 Å². The molecular weight excluding hydrogens is 676 g/mol. The predicted molar refractivity (Wildman–Crippen MR) is 197 cm³/mol. The van der Waals surface area contributed by atoms with Gasteiger partial charge in [0.15, 0.2) is 0 Å². The van der Waals surface area contributed by atoms with Crippen molar-refractivity contribution in [3.8, 4) is 0 Å². The molecular formula is C39H50N8O6. The summed E-state index contributed by atoms with van der Waals surface area (Å²) in [4.78, 5) is 71.6. The van der Waals surface area contributed by atoms with E-state index in [1.165, 1.54) is 7.11 Å². The highest BCUT2D eigenvalue weighted by atomic mass is 16.5. The zero-order chi connectivity index (χ0) is 37.9. The highest BCUT2D eigenvalue weighted by Crippen LogP contribution is 2.43. The molecule has 2 aliphatic heterocycles. The van der Waals surface area contributed by atoms with E-state index in [0.717, 1.165) is 41.8 Å². The number of imidazole rings is 2. The van der Waals surface area contributed by atoms with Crippen LogP contribution < -0.4 is 10.6 Å². The fourth-order valence-electron chi connectivity index (χ4n) is 7.83. The summed E-state index contributed by atoms with van der Waals surface area (Å²) in [6.07, 6.45) is 11.8. The minimum atomic E-state index is -1.23. The largest absolute Gasteiger partial charge is 0.465 e. The standard InChI is InChI=1S/C39H50N8O6/c1-23(2)31(44-37(50)51)35(48)46-19-9-13-27(46)33-40-21-29(42-33)39(17-15-26(16-18-39)25-11-7-6-8-12-25)30-22-41-34(43-30)28-14-10-20-47(28)36(49)32(24(3)4)45-38(52)53-5/h6-8,11-12,15-17,21-24,27-28,31-32,44H,9-10,13-14,18-20H2,1-5H3,(H,40,42)(H,41,43)(H,45,52)(H,50,51)/t27-,28-,31-,32-,39?/m0/s1. The third-order valence-electron chi connectivity index (χ3n) is 10.8. The van der Waals surface area contributed by atoms with Crippen molar-refractivity contribution in [2.45, 2.75) is 89.4 Å². The van der Waals surface area contributed by atoms with E-state index in [1.807, 2.05) is 58.3 Å². The molecule has 1 aliphatic carbocycles. The van der Waals surface area contributed by atoms with Crippen LogP contribution in [-0.2, 0) is 19.7 Å². The Morgan fingerprint density at radius 2 is 1.38 bits per heavy atom. The van der Waals surface area contributed by atoms with Gasteiger partial charge in [0.1, 0.15) is 23.7 Å². The molecule has 5 N–H and O–H groups in total. The molecule has 4 heterocycles. The SMILES string of the molecule is COC(=O)N[C@H](C(=O)N1CCC[C@H]1c1ncc(C2(c3cnc([C@@H]4CCCN4C(=O)[C@@H](NC(=O)O)C(C)C)[nH]3)C=CC(c3ccccc3)=CC2)[nH]1)C(C)C. The molecule has 3 aromatic rings. The predicted octanol–water partition coefficient (Wildman–Crippen LogP) is 5.46. The Morgan fingerprint density at radius 3 is 1.83 bits per heavy atom. The number of rotatable bonds is 11. The van der Waals surface area contributed by atoms with E-state index >= 15 is 0 Å². The van der Waals surface area contributed by atoms with Crippen molar-refractivity contribution < 1.29 is 29.0 Å². The molecule has 2 saturated heterocycles. The summed E-state index contributed by atoms with van der Waals surface area (Å²) < 4.78 is 4.80. The molecule has 1 unspecified atom stereocenters. The van der Waals surface area contributed by atoms with Gasteiger partial charge in [-0.15, -0.1) is 0 Å². The number of hydrogen-bond acceptors (Lipinski definition) is 7. The number of carboxylic acid groups (broad SMARTS) is 1. The highest BCUT2D eigenvalue weighted by Gasteiger charge is 2.42. The summed E-state index contributed by atoms with van der Waals surface area (Å²) >= 11 is 0. The third-order valence-corrected chi connectivity index (χ3v) is 10.8. The molecule has 53 heavy (non-hydrogen) atoms. The number of methoxy groups -OCH3 is 1. The molecule has 1 aromatic carbocycles. The minimum Gasteiger partial charge on any atom is -0.465 e. The maximum absolute atomic E-state index is 13.8. The molecule has 6 rings (SSSR count). The molecule has 282 valence electrons. The van der Waals surface area contributed by atoms with E-state index in [9.17, 15) is 24.3 Å². The first-order valence-electron chi connectivity index (χ1n) is 18.4. The monoisotopic (exact) mass is 726 g/mol. The zero-order valence-corrected chi connectivity index (χ0v) is 31.0. The number of likely N-dealkylation sites (tertiary alicyclic amines) is 2. The normalized spacial score (nSPS) is 22.5. The van der Waals surface area contributed by atoms with Crippen molar-refractivity contribution in [3.05, 3.63) is 89.6 Å². The van der Waals surface area contributed by atoms with E-state index in [0.29, 0.717) is 37.6 Å². The lowest BCUT2D eigenvalue weighted by Gasteiger charge is -2.32. The van der Waals surface area contributed by atoms with Crippen LogP contribution in [-0.4, -0.2) is 91.1 Å². The summed E-state index contributed by atoms with van der Waals surface area (Å²) in [7, 11) is 1.28. The van der Waals surface area contributed by atoms with Gasteiger partial charge in [-0.1, -0.05) is 76.3 Å². The quantitative estimate of drug-likeness (QED) is 0.172. The Labute approximate surface area is 309 Å². The lowest BCUT2D eigenvalue weighted by molar-refractivity contribution is -0.136. The molecule has 5 atom stereocenters. The van der Waals surface area contributed by atoms with Crippen molar-refractivity contribution >= 4 is 29.6 Å². The fourth-order valence-corrected chi connectivity index (χ4v) is 7.83. The number of amides is 4. The summed E-state index contributed by atoms with van der Waals surface area (Å²) in [5.74, 6) is 0.479. The number of nitrogens with one attached hydrogen (secondary N) is 4. The van der Waals surface area contributed by atoms with E-state index in [-0.39, 0.29) is 35.7 Å². The zero-order valence-electron chi connectivity index (χ0n) is 31.0.